The lowest BCUT2D eigenvalue weighted by molar-refractivity contribution is 0.581. The molecule has 0 atom stereocenters. The Morgan fingerprint density at radius 2 is 1.89 bits per heavy atom. The third-order valence-corrected chi connectivity index (χ3v) is 5.77. The Morgan fingerprint density at radius 1 is 1.11 bits per heavy atom. The summed E-state index contributed by atoms with van der Waals surface area (Å²) in [5.74, 6) is 0.306. The second-order valence-corrected chi connectivity index (χ2v) is 8.32. The Bertz CT molecular complexity index is 1110. The van der Waals surface area contributed by atoms with Crippen molar-refractivity contribution in [2.24, 2.45) is 0 Å². The molecule has 0 aliphatic carbocycles. The van der Waals surface area contributed by atoms with E-state index in [1.54, 1.807) is 30.6 Å². The minimum atomic E-state index is -3.58. The third-order valence-electron chi connectivity index (χ3n) is 4.31. The summed E-state index contributed by atoms with van der Waals surface area (Å²) in [4.78, 5) is 13.3. The van der Waals surface area contributed by atoms with Gasteiger partial charge < -0.3 is 5.73 Å². The van der Waals surface area contributed by atoms with E-state index in [-0.39, 0.29) is 4.90 Å². The zero-order valence-corrected chi connectivity index (χ0v) is 16.9. The first-order valence-corrected chi connectivity index (χ1v) is 10.5. The Kier molecular flexibility index (Phi) is 5.71. The SMILES string of the molecule is CCCNS(=O)(=O)c1ccc(C)c(-c2cnc(N)c(-c3ccnc(C)c3)n2)c1. The van der Waals surface area contributed by atoms with E-state index in [1.165, 1.54) is 0 Å². The number of hydrogen-bond acceptors (Lipinski definition) is 6. The Labute approximate surface area is 165 Å². The number of pyridine rings is 1. The average Bonchev–Trinajstić information content (AvgIpc) is 2.67. The number of nitrogens with zero attached hydrogens (tertiary/aromatic N) is 3. The maximum atomic E-state index is 12.5. The molecule has 0 saturated carbocycles. The van der Waals surface area contributed by atoms with Gasteiger partial charge in [-0.15, -0.1) is 0 Å². The van der Waals surface area contributed by atoms with Crippen molar-refractivity contribution in [1.29, 1.82) is 0 Å². The van der Waals surface area contributed by atoms with E-state index in [2.05, 4.69) is 19.7 Å². The van der Waals surface area contributed by atoms with Crippen molar-refractivity contribution in [3.8, 4) is 22.5 Å². The first-order chi connectivity index (χ1) is 13.3. The number of aromatic nitrogens is 3. The molecule has 146 valence electrons. The lowest BCUT2D eigenvalue weighted by Gasteiger charge is -2.12. The van der Waals surface area contributed by atoms with Gasteiger partial charge in [-0.2, -0.15) is 0 Å². The monoisotopic (exact) mass is 397 g/mol. The molecule has 3 rings (SSSR count). The normalized spacial score (nSPS) is 11.5. The summed E-state index contributed by atoms with van der Waals surface area (Å²) in [5, 5.41) is 0. The fourth-order valence-corrected chi connectivity index (χ4v) is 3.96. The maximum absolute atomic E-state index is 12.5. The molecule has 0 aliphatic rings. The molecule has 3 aromatic rings. The van der Waals surface area contributed by atoms with Gasteiger partial charge in [0.25, 0.3) is 0 Å². The number of nitrogen functional groups attached to an aromatic ring is 1. The standard InChI is InChI=1S/C20H23N5O2S/c1-4-8-24-28(26,27)16-6-5-13(2)17(11-16)18-12-23-20(21)19(25-18)15-7-9-22-14(3)10-15/h5-7,9-12,24H,4,8H2,1-3H3,(H2,21,23). The van der Waals surface area contributed by atoms with Crippen molar-refractivity contribution < 1.29 is 8.42 Å². The average molecular weight is 398 g/mol. The molecule has 0 radical (unpaired) electrons. The molecule has 0 unspecified atom stereocenters. The molecule has 2 heterocycles. The van der Waals surface area contributed by atoms with Gasteiger partial charge in [0.1, 0.15) is 11.5 Å². The number of benzene rings is 1. The van der Waals surface area contributed by atoms with Crippen LogP contribution in [0.2, 0.25) is 0 Å². The highest BCUT2D eigenvalue weighted by Crippen LogP contribution is 2.29. The first-order valence-electron chi connectivity index (χ1n) is 8.98. The number of hydrogen-bond donors (Lipinski definition) is 2. The van der Waals surface area contributed by atoms with Crippen LogP contribution in [0.25, 0.3) is 22.5 Å². The van der Waals surface area contributed by atoms with E-state index >= 15 is 0 Å². The van der Waals surface area contributed by atoms with Gasteiger partial charge in [-0.05, 0) is 50.1 Å². The van der Waals surface area contributed by atoms with Gasteiger partial charge >= 0.3 is 0 Å². The molecule has 8 heteroatoms. The van der Waals surface area contributed by atoms with Crippen LogP contribution in [-0.2, 0) is 10.0 Å². The predicted molar refractivity (Wildman–Crippen MR) is 110 cm³/mol. The molecule has 3 N–H and O–H groups in total. The Morgan fingerprint density at radius 3 is 2.61 bits per heavy atom. The Balaban J connectivity index is 2.09. The lowest BCUT2D eigenvalue weighted by Crippen LogP contribution is -2.24. The van der Waals surface area contributed by atoms with Crippen LogP contribution in [0.5, 0.6) is 0 Å². The second kappa shape index (κ2) is 8.04. The summed E-state index contributed by atoms with van der Waals surface area (Å²) < 4.78 is 27.6. The number of sulfonamides is 1. The van der Waals surface area contributed by atoms with Crippen molar-refractivity contribution in [1.82, 2.24) is 19.7 Å². The van der Waals surface area contributed by atoms with Gasteiger partial charge in [-0.1, -0.05) is 13.0 Å². The van der Waals surface area contributed by atoms with Crippen LogP contribution in [0.3, 0.4) is 0 Å². The molecule has 0 saturated heterocycles. The van der Waals surface area contributed by atoms with Crippen LogP contribution < -0.4 is 10.5 Å². The molecule has 0 spiro atoms. The molecule has 0 aliphatic heterocycles. The molecule has 0 amide bonds. The molecule has 0 fully saturated rings. The van der Waals surface area contributed by atoms with Crippen molar-refractivity contribution in [3.05, 3.63) is 54.0 Å². The van der Waals surface area contributed by atoms with Gasteiger partial charge in [0.2, 0.25) is 10.0 Å². The second-order valence-electron chi connectivity index (χ2n) is 6.55. The topological polar surface area (TPSA) is 111 Å². The largest absolute Gasteiger partial charge is 0.382 e. The quantitative estimate of drug-likeness (QED) is 0.661. The van der Waals surface area contributed by atoms with E-state index in [9.17, 15) is 8.42 Å². The minimum Gasteiger partial charge on any atom is -0.382 e. The summed E-state index contributed by atoms with van der Waals surface area (Å²) in [6.45, 7) is 6.09. The Hall–Kier alpha value is -2.84. The summed E-state index contributed by atoms with van der Waals surface area (Å²) in [6.07, 6.45) is 3.97. The van der Waals surface area contributed by atoms with Gasteiger partial charge in [0.05, 0.1) is 16.8 Å². The summed E-state index contributed by atoms with van der Waals surface area (Å²) >= 11 is 0. The van der Waals surface area contributed by atoms with Crippen LogP contribution in [0.1, 0.15) is 24.6 Å². The van der Waals surface area contributed by atoms with Crippen molar-refractivity contribution in [2.75, 3.05) is 12.3 Å². The maximum Gasteiger partial charge on any atom is 0.240 e. The molecule has 0 bridgehead atoms. The van der Waals surface area contributed by atoms with Crippen molar-refractivity contribution in [3.63, 3.8) is 0 Å². The van der Waals surface area contributed by atoms with Gasteiger partial charge in [0, 0.05) is 29.6 Å². The van der Waals surface area contributed by atoms with Gasteiger partial charge in [-0.3, -0.25) is 4.98 Å². The van der Waals surface area contributed by atoms with Crippen LogP contribution in [0, 0.1) is 13.8 Å². The number of nitrogens with two attached hydrogens (primary N) is 1. The summed E-state index contributed by atoms with van der Waals surface area (Å²) in [6, 6.07) is 8.68. The van der Waals surface area contributed by atoms with Crippen LogP contribution in [-0.4, -0.2) is 29.9 Å². The molecule has 28 heavy (non-hydrogen) atoms. The molecular formula is C20H23N5O2S. The van der Waals surface area contributed by atoms with Crippen LogP contribution >= 0.6 is 0 Å². The van der Waals surface area contributed by atoms with Crippen LogP contribution in [0.4, 0.5) is 5.82 Å². The fourth-order valence-electron chi connectivity index (χ4n) is 2.80. The van der Waals surface area contributed by atoms with Gasteiger partial charge in [-0.25, -0.2) is 23.1 Å². The smallest absolute Gasteiger partial charge is 0.240 e. The fraction of sp³-hybridized carbons (Fsp3) is 0.250. The van der Waals surface area contributed by atoms with Crippen molar-refractivity contribution >= 4 is 15.8 Å². The van der Waals surface area contributed by atoms with E-state index in [0.717, 1.165) is 23.2 Å². The number of nitrogens with one attached hydrogen (secondary N) is 1. The number of rotatable bonds is 6. The van der Waals surface area contributed by atoms with E-state index in [0.29, 0.717) is 29.3 Å². The summed E-state index contributed by atoms with van der Waals surface area (Å²) in [7, 11) is -3.58. The predicted octanol–water partition coefficient (Wildman–Crippen LogP) is 3.09. The zero-order valence-electron chi connectivity index (χ0n) is 16.1. The highest BCUT2D eigenvalue weighted by molar-refractivity contribution is 7.89. The van der Waals surface area contributed by atoms with E-state index in [1.807, 2.05) is 32.9 Å². The number of aryl methyl sites for hydroxylation is 2. The first kappa shape index (κ1) is 19.9. The highest BCUT2D eigenvalue weighted by Gasteiger charge is 2.17. The highest BCUT2D eigenvalue weighted by atomic mass is 32.2. The lowest BCUT2D eigenvalue weighted by atomic mass is 10.1. The minimum absolute atomic E-state index is 0.196. The molecule has 7 nitrogen and oxygen atoms in total. The third kappa shape index (κ3) is 4.18. The number of anilines is 1. The molecule has 1 aromatic carbocycles. The van der Waals surface area contributed by atoms with Crippen LogP contribution in [0.15, 0.2) is 47.6 Å². The van der Waals surface area contributed by atoms with E-state index in [4.69, 9.17) is 5.73 Å². The van der Waals surface area contributed by atoms with Gasteiger partial charge in [0.15, 0.2) is 0 Å². The molecular weight excluding hydrogens is 374 g/mol. The van der Waals surface area contributed by atoms with Crippen molar-refractivity contribution in [2.45, 2.75) is 32.1 Å². The van der Waals surface area contributed by atoms with E-state index < -0.39 is 10.0 Å². The summed E-state index contributed by atoms with van der Waals surface area (Å²) in [5.41, 5.74) is 10.4. The zero-order chi connectivity index (χ0) is 20.3. The molecule has 2 aromatic heterocycles.